The first-order valence-corrected chi connectivity index (χ1v) is 9.16. The average molecular weight is 359 g/mol. The van der Waals surface area contributed by atoms with Crippen LogP contribution in [0.3, 0.4) is 0 Å². The second kappa shape index (κ2) is 12.2. The Bertz CT molecular complexity index is 616. The van der Waals surface area contributed by atoms with E-state index in [1.54, 1.807) is 0 Å². The summed E-state index contributed by atoms with van der Waals surface area (Å²) in [5, 5.41) is 3.42. The molecular formula is C21H29NO4. The van der Waals surface area contributed by atoms with E-state index in [9.17, 15) is 0 Å². The van der Waals surface area contributed by atoms with Gasteiger partial charge in [-0.05, 0) is 44.2 Å². The maximum absolute atomic E-state index is 5.81. The summed E-state index contributed by atoms with van der Waals surface area (Å²) in [5.74, 6) is 1.73. The van der Waals surface area contributed by atoms with Gasteiger partial charge in [0.1, 0.15) is 24.7 Å². The van der Waals surface area contributed by atoms with Crippen LogP contribution < -0.4 is 14.8 Å². The normalized spacial score (nSPS) is 10.5. The molecule has 0 atom stereocenters. The molecule has 2 aromatic carbocycles. The fourth-order valence-electron chi connectivity index (χ4n) is 2.37. The molecule has 0 amide bonds. The first-order valence-electron chi connectivity index (χ1n) is 9.16. The highest BCUT2D eigenvalue weighted by Gasteiger charge is 2.03. The van der Waals surface area contributed by atoms with Gasteiger partial charge in [0.25, 0.3) is 0 Å². The number of benzene rings is 2. The third kappa shape index (κ3) is 7.33. The highest BCUT2D eigenvalue weighted by Crippen LogP contribution is 2.21. The zero-order chi connectivity index (χ0) is 18.5. The van der Waals surface area contributed by atoms with Crippen LogP contribution in [0.15, 0.2) is 48.5 Å². The highest BCUT2D eigenvalue weighted by molar-refractivity contribution is 5.47. The Hall–Kier alpha value is -2.24. The van der Waals surface area contributed by atoms with E-state index in [2.05, 4.69) is 11.4 Å². The van der Waals surface area contributed by atoms with Crippen LogP contribution in [0.25, 0.3) is 0 Å². The van der Waals surface area contributed by atoms with Crippen molar-refractivity contribution in [2.45, 2.75) is 20.4 Å². The molecule has 0 spiro atoms. The van der Waals surface area contributed by atoms with Crippen LogP contribution in [0.2, 0.25) is 0 Å². The Labute approximate surface area is 156 Å². The number of para-hydroxylation sites is 1. The van der Waals surface area contributed by atoms with E-state index >= 15 is 0 Å². The summed E-state index contributed by atoms with van der Waals surface area (Å²) in [6.45, 7) is 8.39. The third-order valence-electron chi connectivity index (χ3n) is 3.70. The molecule has 0 saturated heterocycles. The molecule has 2 rings (SSSR count). The smallest absolute Gasteiger partial charge is 0.124 e. The van der Waals surface area contributed by atoms with Crippen molar-refractivity contribution in [3.05, 3.63) is 54.1 Å². The van der Waals surface area contributed by atoms with Crippen molar-refractivity contribution in [2.75, 3.05) is 45.0 Å². The number of hydrogen-bond donors (Lipinski definition) is 1. The van der Waals surface area contributed by atoms with E-state index in [0.29, 0.717) is 46.2 Å². The van der Waals surface area contributed by atoms with Gasteiger partial charge < -0.3 is 24.3 Å². The maximum Gasteiger partial charge on any atom is 0.124 e. The van der Waals surface area contributed by atoms with E-state index in [0.717, 1.165) is 22.7 Å². The van der Waals surface area contributed by atoms with Gasteiger partial charge >= 0.3 is 0 Å². The molecule has 0 aliphatic carbocycles. The van der Waals surface area contributed by atoms with Crippen LogP contribution in [0.1, 0.15) is 19.4 Å². The minimum Gasteiger partial charge on any atom is -0.491 e. The van der Waals surface area contributed by atoms with Crippen molar-refractivity contribution in [1.82, 2.24) is 0 Å². The summed E-state index contributed by atoms with van der Waals surface area (Å²) in [5.41, 5.74) is 2.15. The first kappa shape index (κ1) is 20.1. The molecule has 26 heavy (non-hydrogen) atoms. The molecule has 0 fully saturated rings. The summed E-state index contributed by atoms with van der Waals surface area (Å²) in [6.07, 6.45) is 0. The molecule has 0 bridgehead atoms. The molecule has 0 heterocycles. The molecule has 5 nitrogen and oxygen atoms in total. The summed E-state index contributed by atoms with van der Waals surface area (Å²) >= 11 is 0. The number of rotatable bonds is 13. The Morgan fingerprint density at radius 2 is 1.38 bits per heavy atom. The average Bonchev–Trinajstić information content (AvgIpc) is 2.69. The van der Waals surface area contributed by atoms with Crippen molar-refractivity contribution in [3.8, 4) is 11.5 Å². The van der Waals surface area contributed by atoms with Crippen LogP contribution >= 0.6 is 0 Å². The van der Waals surface area contributed by atoms with Gasteiger partial charge in [-0.1, -0.05) is 18.2 Å². The van der Waals surface area contributed by atoms with Crippen molar-refractivity contribution in [2.24, 2.45) is 0 Å². The minimum absolute atomic E-state index is 0.554. The minimum atomic E-state index is 0.554. The van der Waals surface area contributed by atoms with Gasteiger partial charge in [-0.2, -0.15) is 0 Å². The zero-order valence-electron chi connectivity index (χ0n) is 15.7. The third-order valence-corrected chi connectivity index (χ3v) is 3.70. The van der Waals surface area contributed by atoms with Gasteiger partial charge in [0, 0.05) is 31.0 Å². The fraction of sp³-hybridized carbons (Fsp3) is 0.429. The van der Waals surface area contributed by atoms with Crippen molar-refractivity contribution >= 4 is 5.69 Å². The van der Waals surface area contributed by atoms with Crippen LogP contribution in [0.5, 0.6) is 11.5 Å². The van der Waals surface area contributed by atoms with Gasteiger partial charge in [-0.3, -0.25) is 0 Å². The summed E-state index contributed by atoms with van der Waals surface area (Å²) in [4.78, 5) is 0. The first-order chi connectivity index (χ1) is 12.8. The molecule has 0 unspecified atom stereocenters. The lowest BCUT2D eigenvalue weighted by Crippen LogP contribution is -2.09. The molecule has 2 aromatic rings. The molecule has 1 N–H and O–H groups in total. The zero-order valence-corrected chi connectivity index (χ0v) is 15.7. The highest BCUT2D eigenvalue weighted by atomic mass is 16.5. The van der Waals surface area contributed by atoms with Gasteiger partial charge in [-0.15, -0.1) is 0 Å². The van der Waals surface area contributed by atoms with Crippen molar-refractivity contribution in [1.29, 1.82) is 0 Å². The van der Waals surface area contributed by atoms with Gasteiger partial charge in [-0.25, -0.2) is 0 Å². The van der Waals surface area contributed by atoms with E-state index in [-0.39, 0.29) is 0 Å². The van der Waals surface area contributed by atoms with Gasteiger partial charge in [0.05, 0.1) is 13.2 Å². The maximum atomic E-state index is 5.81. The topological polar surface area (TPSA) is 49.0 Å². The molecular weight excluding hydrogens is 330 g/mol. The Morgan fingerprint density at radius 3 is 2.08 bits per heavy atom. The largest absolute Gasteiger partial charge is 0.491 e. The monoisotopic (exact) mass is 359 g/mol. The molecule has 0 aromatic heterocycles. The lowest BCUT2D eigenvalue weighted by atomic mass is 10.2. The molecule has 0 aliphatic rings. The van der Waals surface area contributed by atoms with E-state index < -0.39 is 0 Å². The Morgan fingerprint density at radius 1 is 0.731 bits per heavy atom. The number of ether oxygens (including phenoxy) is 4. The van der Waals surface area contributed by atoms with Crippen molar-refractivity contribution < 1.29 is 18.9 Å². The molecule has 0 aliphatic heterocycles. The molecule has 5 heteroatoms. The SMILES string of the molecule is CCOCCOc1ccc(NCc2ccccc2OCCOCC)cc1. The van der Waals surface area contributed by atoms with E-state index in [1.165, 1.54) is 0 Å². The van der Waals surface area contributed by atoms with E-state index in [4.69, 9.17) is 18.9 Å². The predicted molar refractivity (Wildman–Crippen MR) is 104 cm³/mol. The Kier molecular flexibility index (Phi) is 9.40. The number of nitrogens with one attached hydrogen (secondary N) is 1. The second-order valence-electron chi connectivity index (χ2n) is 5.58. The van der Waals surface area contributed by atoms with E-state index in [1.807, 2.05) is 56.3 Å². The lowest BCUT2D eigenvalue weighted by Gasteiger charge is -2.13. The summed E-state index contributed by atoms with van der Waals surface area (Å²) < 4.78 is 22.0. The predicted octanol–water partition coefficient (Wildman–Crippen LogP) is 4.13. The summed E-state index contributed by atoms with van der Waals surface area (Å²) in [7, 11) is 0. The lowest BCUT2D eigenvalue weighted by molar-refractivity contribution is 0.110. The van der Waals surface area contributed by atoms with Crippen LogP contribution in [0.4, 0.5) is 5.69 Å². The van der Waals surface area contributed by atoms with Gasteiger partial charge in [0.2, 0.25) is 0 Å². The second-order valence-corrected chi connectivity index (χ2v) is 5.58. The molecule has 0 radical (unpaired) electrons. The summed E-state index contributed by atoms with van der Waals surface area (Å²) in [6, 6.07) is 16.0. The van der Waals surface area contributed by atoms with Crippen LogP contribution in [-0.4, -0.2) is 39.6 Å². The standard InChI is InChI=1S/C21H29NO4/c1-3-23-13-15-25-20-11-9-19(10-12-20)22-17-18-7-5-6-8-21(18)26-16-14-24-4-2/h5-12,22H,3-4,13-17H2,1-2H3. The van der Waals surface area contributed by atoms with Gasteiger partial charge in [0.15, 0.2) is 0 Å². The Balaban J connectivity index is 1.81. The van der Waals surface area contributed by atoms with Crippen LogP contribution in [0, 0.1) is 0 Å². The molecule has 142 valence electrons. The van der Waals surface area contributed by atoms with Crippen LogP contribution in [-0.2, 0) is 16.0 Å². The van der Waals surface area contributed by atoms with Crippen molar-refractivity contribution in [3.63, 3.8) is 0 Å². The number of anilines is 1. The fourth-order valence-corrected chi connectivity index (χ4v) is 2.37. The quantitative estimate of drug-likeness (QED) is 0.545. The number of hydrogen-bond acceptors (Lipinski definition) is 5. The molecule has 0 saturated carbocycles.